The lowest BCUT2D eigenvalue weighted by Gasteiger charge is -2.05. The van der Waals surface area contributed by atoms with Gasteiger partial charge in [-0.25, -0.2) is 4.68 Å². The number of carbonyl (C=O) groups excluding carboxylic acids is 1. The van der Waals surface area contributed by atoms with Gasteiger partial charge in [0.1, 0.15) is 6.61 Å². The number of carbonyl (C=O) groups is 1. The van der Waals surface area contributed by atoms with E-state index in [1.807, 2.05) is 78.5 Å². The molecule has 1 aromatic heterocycles. The van der Waals surface area contributed by atoms with Crippen molar-refractivity contribution in [3.05, 3.63) is 72.4 Å². The van der Waals surface area contributed by atoms with Crippen LogP contribution < -0.4 is 5.32 Å². The van der Waals surface area contributed by atoms with Gasteiger partial charge in [-0.15, -0.1) is 0 Å². The molecule has 0 unspecified atom stereocenters. The maximum atomic E-state index is 11.8. The average Bonchev–Trinajstić information content (AvgIpc) is 3.10. The summed E-state index contributed by atoms with van der Waals surface area (Å²) in [6, 6.07) is 19.9. The number of rotatable bonds is 7. The van der Waals surface area contributed by atoms with Crippen LogP contribution in [0.25, 0.3) is 16.9 Å². The Balaban J connectivity index is 1.87. The topological polar surface area (TPSA) is 56.1 Å². The van der Waals surface area contributed by atoms with Crippen LogP contribution >= 0.6 is 0 Å². The Hall–Kier alpha value is -2.92. The molecule has 5 heteroatoms. The number of nitrogens with zero attached hydrogens (tertiary/aromatic N) is 2. The lowest BCUT2D eigenvalue weighted by atomic mass is 10.1. The molecule has 1 N–H and O–H groups in total. The number of ether oxygens (including phenoxy) is 1. The van der Waals surface area contributed by atoms with Crippen LogP contribution in [0.3, 0.4) is 0 Å². The summed E-state index contributed by atoms with van der Waals surface area (Å²) >= 11 is 0. The van der Waals surface area contributed by atoms with Gasteiger partial charge in [0, 0.05) is 30.5 Å². The summed E-state index contributed by atoms with van der Waals surface area (Å²) in [5.74, 6) is -0.131. The van der Waals surface area contributed by atoms with Crippen molar-refractivity contribution in [3.8, 4) is 16.9 Å². The Bertz CT molecular complexity index is 813. The molecule has 25 heavy (non-hydrogen) atoms. The first-order valence-electron chi connectivity index (χ1n) is 8.31. The molecular weight excluding hydrogens is 314 g/mol. The lowest BCUT2D eigenvalue weighted by molar-refractivity contribution is -0.125. The van der Waals surface area contributed by atoms with Crippen molar-refractivity contribution in [2.24, 2.45) is 0 Å². The van der Waals surface area contributed by atoms with E-state index in [0.29, 0.717) is 13.2 Å². The van der Waals surface area contributed by atoms with Gasteiger partial charge in [0.15, 0.2) is 0 Å². The Morgan fingerprint density at radius 2 is 1.76 bits per heavy atom. The first kappa shape index (κ1) is 16.9. The summed E-state index contributed by atoms with van der Waals surface area (Å²) in [5.41, 5.74) is 3.82. The molecule has 3 aromatic rings. The van der Waals surface area contributed by atoms with Gasteiger partial charge >= 0.3 is 0 Å². The number of hydrogen-bond acceptors (Lipinski definition) is 3. The van der Waals surface area contributed by atoms with Gasteiger partial charge in [0.05, 0.1) is 11.4 Å². The summed E-state index contributed by atoms with van der Waals surface area (Å²) in [6.45, 7) is 2.87. The fourth-order valence-corrected chi connectivity index (χ4v) is 2.53. The molecule has 0 spiro atoms. The van der Waals surface area contributed by atoms with Gasteiger partial charge in [-0.1, -0.05) is 48.5 Å². The van der Waals surface area contributed by atoms with Crippen LogP contribution in [0.4, 0.5) is 0 Å². The Morgan fingerprint density at radius 1 is 1.08 bits per heavy atom. The fourth-order valence-electron chi connectivity index (χ4n) is 2.53. The second kappa shape index (κ2) is 8.26. The maximum Gasteiger partial charge on any atom is 0.246 e. The van der Waals surface area contributed by atoms with E-state index in [-0.39, 0.29) is 12.5 Å². The standard InChI is InChI=1S/C20H21N3O2/c1-2-25-15-19(24)21-13-17-14-23(18-11-7-4-8-12-18)22-20(17)16-9-5-3-6-10-16/h3-12,14H,2,13,15H2,1H3,(H,21,24). The smallest absolute Gasteiger partial charge is 0.246 e. The number of benzene rings is 2. The maximum absolute atomic E-state index is 11.8. The monoisotopic (exact) mass is 335 g/mol. The normalized spacial score (nSPS) is 10.6. The van der Waals surface area contributed by atoms with Crippen molar-refractivity contribution in [1.82, 2.24) is 15.1 Å². The highest BCUT2D eigenvalue weighted by Gasteiger charge is 2.13. The molecule has 0 atom stereocenters. The molecule has 0 radical (unpaired) electrons. The third-order valence-corrected chi connectivity index (χ3v) is 3.77. The zero-order valence-electron chi connectivity index (χ0n) is 14.2. The second-order valence-corrected chi connectivity index (χ2v) is 5.56. The van der Waals surface area contributed by atoms with E-state index in [9.17, 15) is 4.79 Å². The summed E-state index contributed by atoms with van der Waals surface area (Å²) in [4.78, 5) is 11.8. The largest absolute Gasteiger partial charge is 0.372 e. The van der Waals surface area contributed by atoms with Crippen LogP contribution in [0, 0.1) is 0 Å². The van der Waals surface area contributed by atoms with Crippen LogP contribution in [-0.4, -0.2) is 28.9 Å². The minimum absolute atomic E-state index is 0.0734. The summed E-state index contributed by atoms with van der Waals surface area (Å²) in [7, 11) is 0. The van der Waals surface area contributed by atoms with Crippen LogP contribution in [-0.2, 0) is 16.1 Å². The predicted octanol–water partition coefficient (Wildman–Crippen LogP) is 3.19. The number of hydrogen-bond donors (Lipinski definition) is 1. The van der Waals surface area contributed by atoms with Gasteiger partial charge in [0.25, 0.3) is 0 Å². The quantitative estimate of drug-likeness (QED) is 0.721. The highest BCUT2D eigenvalue weighted by Crippen LogP contribution is 2.23. The van der Waals surface area contributed by atoms with Crippen LogP contribution in [0.5, 0.6) is 0 Å². The van der Waals surface area contributed by atoms with Crippen molar-refractivity contribution in [3.63, 3.8) is 0 Å². The average molecular weight is 335 g/mol. The van der Waals surface area contributed by atoms with Crippen molar-refractivity contribution >= 4 is 5.91 Å². The molecule has 1 heterocycles. The second-order valence-electron chi connectivity index (χ2n) is 5.56. The minimum atomic E-state index is -0.131. The highest BCUT2D eigenvalue weighted by molar-refractivity contribution is 5.77. The first-order valence-corrected chi connectivity index (χ1v) is 8.31. The number of nitrogens with one attached hydrogen (secondary N) is 1. The molecule has 0 saturated carbocycles. The zero-order chi connectivity index (χ0) is 17.5. The van der Waals surface area contributed by atoms with E-state index in [1.165, 1.54) is 0 Å². The molecule has 0 aliphatic rings. The molecule has 2 aromatic carbocycles. The van der Waals surface area contributed by atoms with Crippen molar-refractivity contribution < 1.29 is 9.53 Å². The molecule has 0 bridgehead atoms. The molecular formula is C20H21N3O2. The fraction of sp³-hybridized carbons (Fsp3) is 0.200. The highest BCUT2D eigenvalue weighted by atomic mass is 16.5. The van der Waals surface area contributed by atoms with Crippen LogP contribution in [0.15, 0.2) is 66.9 Å². The van der Waals surface area contributed by atoms with Gasteiger partial charge < -0.3 is 10.1 Å². The molecule has 0 fully saturated rings. The Labute approximate surface area is 147 Å². The third-order valence-electron chi connectivity index (χ3n) is 3.77. The van der Waals surface area contributed by atoms with E-state index < -0.39 is 0 Å². The molecule has 0 aliphatic carbocycles. The zero-order valence-corrected chi connectivity index (χ0v) is 14.2. The summed E-state index contributed by atoms with van der Waals surface area (Å²) in [6.07, 6.45) is 1.96. The Morgan fingerprint density at radius 3 is 2.44 bits per heavy atom. The molecule has 0 aliphatic heterocycles. The van der Waals surface area contributed by atoms with Gasteiger partial charge in [-0.05, 0) is 19.1 Å². The Kier molecular flexibility index (Phi) is 5.59. The summed E-state index contributed by atoms with van der Waals surface area (Å²) in [5, 5.41) is 7.62. The summed E-state index contributed by atoms with van der Waals surface area (Å²) < 4.78 is 6.98. The van der Waals surface area contributed by atoms with E-state index in [4.69, 9.17) is 9.84 Å². The number of amides is 1. The van der Waals surface area contributed by atoms with Crippen molar-refractivity contribution in [2.45, 2.75) is 13.5 Å². The van der Waals surface area contributed by atoms with Crippen LogP contribution in [0.2, 0.25) is 0 Å². The van der Waals surface area contributed by atoms with Gasteiger partial charge in [-0.2, -0.15) is 5.10 Å². The van der Waals surface area contributed by atoms with Gasteiger partial charge in [-0.3, -0.25) is 4.79 Å². The molecule has 5 nitrogen and oxygen atoms in total. The third kappa shape index (κ3) is 4.33. The van der Waals surface area contributed by atoms with E-state index >= 15 is 0 Å². The lowest BCUT2D eigenvalue weighted by Crippen LogP contribution is -2.27. The molecule has 128 valence electrons. The van der Waals surface area contributed by atoms with Gasteiger partial charge in [0.2, 0.25) is 5.91 Å². The minimum Gasteiger partial charge on any atom is -0.372 e. The number of para-hydroxylation sites is 1. The van der Waals surface area contributed by atoms with E-state index in [2.05, 4.69) is 5.32 Å². The SMILES string of the molecule is CCOCC(=O)NCc1cn(-c2ccccc2)nc1-c1ccccc1. The predicted molar refractivity (Wildman–Crippen MR) is 97.3 cm³/mol. The molecule has 3 rings (SSSR count). The number of aromatic nitrogens is 2. The van der Waals surface area contributed by atoms with Crippen molar-refractivity contribution in [2.75, 3.05) is 13.2 Å². The van der Waals surface area contributed by atoms with Crippen molar-refractivity contribution in [1.29, 1.82) is 0 Å². The molecule has 0 saturated heterocycles. The first-order chi connectivity index (χ1) is 12.3. The van der Waals surface area contributed by atoms with E-state index in [0.717, 1.165) is 22.5 Å². The van der Waals surface area contributed by atoms with E-state index in [1.54, 1.807) is 0 Å². The van der Waals surface area contributed by atoms with Crippen LogP contribution in [0.1, 0.15) is 12.5 Å². The molecule has 1 amide bonds.